The standard InChI is InChI=1S/C25H27N5O2/c1-24(2,3)16-6-9-20-18(10-16)22(19(11-26)23(30)25(20,13-27)14-28)15-4-7-17(8-5-15)32-12-21(29)31/h4-5,7-9,16,18,22H,6,10,12,30H2,1-3H3,(H2,29,31)/t16?,18-,22+/m1/s1. The summed E-state index contributed by atoms with van der Waals surface area (Å²) in [5, 5.41) is 30.0. The average molecular weight is 430 g/mol. The fourth-order valence-corrected chi connectivity index (χ4v) is 4.86. The molecule has 1 aromatic rings. The first-order valence-electron chi connectivity index (χ1n) is 10.5. The van der Waals surface area contributed by atoms with Crippen molar-refractivity contribution in [2.24, 2.45) is 34.1 Å². The van der Waals surface area contributed by atoms with Crippen LogP contribution >= 0.6 is 0 Å². The van der Waals surface area contributed by atoms with Crippen LogP contribution in [0.15, 0.2) is 47.2 Å². The Bertz CT molecular complexity index is 1090. The van der Waals surface area contributed by atoms with Crippen molar-refractivity contribution in [3.05, 3.63) is 52.7 Å². The van der Waals surface area contributed by atoms with Gasteiger partial charge in [-0.15, -0.1) is 0 Å². The molecule has 0 aliphatic heterocycles. The van der Waals surface area contributed by atoms with Crippen LogP contribution in [0.2, 0.25) is 0 Å². The van der Waals surface area contributed by atoms with Gasteiger partial charge >= 0.3 is 0 Å². The van der Waals surface area contributed by atoms with E-state index in [2.05, 4.69) is 39.0 Å². The van der Waals surface area contributed by atoms with Crippen LogP contribution in [-0.4, -0.2) is 12.5 Å². The highest BCUT2D eigenvalue weighted by Gasteiger charge is 2.53. The fraction of sp³-hybridized carbons (Fsp3) is 0.440. The number of amides is 1. The van der Waals surface area contributed by atoms with Gasteiger partial charge in [0.05, 0.1) is 29.5 Å². The van der Waals surface area contributed by atoms with E-state index in [1.165, 1.54) is 0 Å². The Kier molecular flexibility index (Phi) is 6.02. The lowest BCUT2D eigenvalue weighted by molar-refractivity contribution is -0.119. The second-order valence-corrected chi connectivity index (χ2v) is 9.51. The second-order valence-electron chi connectivity index (χ2n) is 9.51. The molecule has 3 rings (SSSR count). The minimum Gasteiger partial charge on any atom is -0.484 e. The Balaban J connectivity index is 2.14. The molecule has 2 aliphatic carbocycles. The van der Waals surface area contributed by atoms with Crippen LogP contribution in [-0.2, 0) is 4.79 Å². The summed E-state index contributed by atoms with van der Waals surface area (Å²) in [6.45, 7) is 6.30. The number of nitrogens with zero attached hydrogens (tertiary/aromatic N) is 3. The zero-order valence-corrected chi connectivity index (χ0v) is 18.6. The molecule has 0 aromatic heterocycles. The van der Waals surface area contributed by atoms with E-state index >= 15 is 0 Å². The van der Waals surface area contributed by atoms with E-state index in [0.29, 0.717) is 17.2 Å². The number of fused-ring (bicyclic) bond motifs is 1. The van der Waals surface area contributed by atoms with Crippen LogP contribution in [0.3, 0.4) is 0 Å². The van der Waals surface area contributed by atoms with Gasteiger partial charge in [0.2, 0.25) is 5.41 Å². The molecule has 0 fully saturated rings. The van der Waals surface area contributed by atoms with Crippen LogP contribution < -0.4 is 16.2 Å². The summed E-state index contributed by atoms with van der Waals surface area (Å²) < 4.78 is 5.35. The van der Waals surface area contributed by atoms with E-state index in [9.17, 15) is 20.6 Å². The fourth-order valence-electron chi connectivity index (χ4n) is 4.86. The SMILES string of the molecule is CC(C)(C)C1CC=C2[C@@H](C1)[C@H](c1ccc(OCC(N)=O)cc1)C(C#N)=C(N)C2(C#N)C#N. The molecule has 0 heterocycles. The van der Waals surface area contributed by atoms with Gasteiger partial charge < -0.3 is 16.2 Å². The number of benzene rings is 1. The molecular weight excluding hydrogens is 402 g/mol. The quantitative estimate of drug-likeness (QED) is 0.700. The molecule has 3 atom stereocenters. The smallest absolute Gasteiger partial charge is 0.255 e. The Labute approximate surface area is 188 Å². The van der Waals surface area contributed by atoms with Crippen molar-refractivity contribution in [3.63, 3.8) is 0 Å². The predicted octanol–water partition coefficient (Wildman–Crippen LogP) is 3.42. The van der Waals surface area contributed by atoms with Gasteiger partial charge in [0.1, 0.15) is 5.75 Å². The van der Waals surface area contributed by atoms with Crippen LogP contribution in [0.25, 0.3) is 0 Å². The molecule has 1 aromatic carbocycles. The van der Waals surface area contributed by atoms with Gasteiger partial charge in [-0.05, 0) is 53.4 Å². The molecule has 1 unspecified atom stereocenters. The largest absolute Gasteiger partial charge is 0.484 e. The van der Waals surface area contributed by atoms with Crippen molar-refractivity contribution in [2.45, 2.75) is 39.5 Å². The van der Waals surface area contributed by atoms with Crippen LogP contribution in [0.4, 0.5) is 0 Å². The van der Waals surface area contributed by atoms with Crippen molar-refractivity contribution in [2.75, 3.05) is 6.61 Å². The summed E-state index contributed by atoms with van der Waals surface area (Å²) >= 11 is 0. The summed E-state index contributed by atoms with van der Waals surface area (Å²) in [4.78, 5) is 11.0. The third kappa shape index (κ3) is 3.81. The number of primary amides is 1. The van der Waals surface area contributed by atoms with E-state index in [1.54, 1.807) is 12.1 Å². The number of rotatable bonds is 4. The highest BCUT2D eigenvalue weighted by atomic mass is 16.5. The molecule has 164 valence electrons. The van der Waals surface area contributed by atoms with Crippen molar-refractivity contribution >= 4 is 5.91 Å². The number of carbonyl (C=O) groups is 1. The Morgan fingerprint density at radius 3 is 2.31 bits per heavy atom. The molecule has 0 spiro atoms. The first kappa shape index (κ1) is 22.9. The van der Waals surface area contributed by atoms with Crippen molar-refractivity contribution in [1.29, 1.82) is 15.8 Å². The third-order valence-corrected chi connectivity index (χ3v) is 6.70. The summed E-state index contributed by atoms with van der Waals surface area (Å²) in [5.41, 5.74) is 11.7. The van der Waals surface area contributed by atoms with Gasteiger partial charge in [0, 0.05) is 5.92 Å². The average Bonchev–Trinajstić information content (AvgIpc) is 2.77. The summed E-state index contributed by atoms with van der Waals surface area (Å²) in [7, 11) is 0. The number of nitrogens with two attached hydrogens (primary N) is 2. The molecule has 0 saturated heterocycles. The summed E-state index contributed by atoms with van der Waals surface area (Å²) in [5.74, 6) is -0.345. The van der Waals surface area contributed by atoms with E-state index < -0.39 is 11.3 Å². The number of carbonyl (C=O) groups excluding carboxylic acids is 1. The van der Waals surface area contributed by atoms with Crippen LogP contribution in [0, 0.1) is 56.7 Å². The highest BCUT2D eigenvalue weighted by molar-refractivity contribution is 5.75. The van der Waals surface area contributed by atoms with E-state index in [1.807, 2.05) is 18.2 Å². The number of allylic oxidation sites excluding steroid dienone is 3. The van der Waals surface area contributed by atoms with Gasteiger partial charge in [0.15, 0.2) is 6.61 Å². The number of ether oxygens (including phenoxy) is 1. The van der Waals surface area contributed by atoms with Gasteiger partial charge in [-0.2, -0.15) is 15.8 Å². The lowest BCUT2D eigenvalue weighted by Gasteiger charge is -2.46. The topological polar surface area (TPSA) is 150 Å². The number of hydrogen-bond acceptors (Lipinski definition) is 6. The number of nitriles is 3. The molecule has 0 bridgehead atoms. The first-order chi connectivity index (χ1) is 15.1. The Hall–Kier alpha value is -3.76. The van der Waals surface area contributed by atoms with Gasteiger partial charge in [-0.1, -0.05) is 39.0 Å². The van der Waals surface area contributed by atoms with Gasteiger partial charge in [-0.3, -0.25) is 4.79 Å². The molecule has 2 aliphatic rings. The molecule has 7 nitrogen and oxygen atoms in total. The van der Waals surface area contributed by atoms with Crippen molar-refractivity contribution in [3.8, 4) is 24.0 Å². The molecule has 1 amide bonds. The van der Waals surface area contributed by atoms with Gasteiger partial charge in [0.25, 0.3) is 5.91 Å². The van der Waals surface area contributed by atoms with Crippen LogP contribution in [0.5, 0.6) is 5.75 Å². The lowest BCUT2D eigenvalue weighted by Crippen LogP contribution is -2.43. The predicted molar refractivity (Wildman–Crippen MR) is 118 cm³/mol. The Morgan fingerprint density at radius 2 is 1.81 bits per heavy atom. The molecule has 32 heavy (non-hydrogen) atoms. The normalized spacial score (nSPS) is 24.2. The Morgan fingerprint density at radius 1 is 1.19 bits per heavy atom. The van der Waals surface area contributed by atoms with Crippen molar-refractivity contribution in [1.82, 2.24) is 0 Å². The van der Waals surface area contributed by atoms with Gasteiger partial charge in [-0.25, -0.2) is 0 Å². The minimum atomic E-state index is -1.63. The van der Waals surface area contributed by atoms with E-state index in [0.717, 1.165) is 18.4 Å². The minimum absolute atomic E-state index is 0.0146. The zero-order chi connectivity index (χ0) is 23.7. The first-order valence-corrected chi connectivity index (χ1v) is 10.5. The van der Waals surface area contributed by atoms with E-state index in [4.69, 9.17) is 16.2 Å². The molecule has 0 saturated carbocycles. The maximum absolute atomic E-state index is 11.0. The number of hydrogen-bond donors (Lipinski definition) is 2. The van der Waals surface area contributed by atoms with Crippen molar-refractivity contribution < 1.29 is 9.53 Å². The monoisotopic (exact) mass is 429 g/mol. The molecule has 0 radical (unpaired) electrons. The lowest BCUT2D eigenvalue weighted by atomic mass is 9.55. The summed E-state index contributed by atoms with van der Waals surface area (Å²) in [6.07, 6.45) is 3.49. The molecule has 7 heteroatoms. The zero-order valence-electron chi connectivity index (χ0n) is 18.6. The molecule has 4 N–H and O–H groups in total. The highest BCUT2D eigenvalue weighted by Crippen LogP contribution is 2.57. The van der Waals surface area contributed by atoms with Crippen LogP contribution in [0.1, 0.15) is 45.1 Å². The third-order valence-electron chi connectivity index (χ3n) is 6.70. The second kappa shape index (κ2) is 8.40. The maximum atomic E-state index is 11.0. The maximum Gasteiger partial charge on any atom is 0.255 e. The van der Waals surface area contributed by atoms with E-state index in [-0.39, 0.29) is 35.1 Å². The molecular formula is C25H27N5O2. The summed E-state index contributed by atoms with van der Waals surface area (Å²) in [6, 6.07) is 13.5.